The Morgan fingerprint density at radius 3 is 2.08 bits per heavy atom. The molecule has 1 aliphatic heterocycles. The molecule has 0 unspecified atom stereocenters. The largest absolute Gasteiger partial charge is 0.347 e. The molecule has 0 radical (unpaired) electrons. The van der Waals surface area contributed by atoms with Crippen LogP contribution in [0, 0.1) is 6.92 Å². The standard InChI is InChI=1S/C22H24N2O/c1-17-4-6-20(7-5-17)22(25)16-24-14-12-19(13-15-24)18-8-10-21(11-9-18)23(2)3/h4-15,21H,16H2,1-3H3. The van der Waals surface area contributed by atoms with E-state index in [-0.39, 0.29) is 5.78 Å². The number of nitrogens with zero attached hydrogens (tertiary/aromatic N) is 2. The molecule has 0 saturated carbocycles. The summed E-state index contributed by atoms with van der Waals surface area (Å²) in [4.78, 5) is 16.4. The van der Waals surface area contributed by atoms with Crippen molar-refractivity contribution in [1.82, 2.24) is 9.80 Å². The molecule has 1 aliphatic carbocycles. The van der Waals surface area contributed by atoms with Gasteiger partial charge < -0.3 is 4.90 Å². The average Bonchev–Trinajstić information content (AvgIpc) is 2.63. The molecule has 0 spiro atoms. The SMILES string of the molecule is Cc1ccc(C(=O)CN2C=CC(=C3C=CC(N(C)C)C=C3)C=C2)cc1. The van der Waals surface area contributed by atoms with Gasteiger partial charge in [0.2, 0.25) is 0 Å². The monoisotopic (exact) mass is 332 g/mol. The van der Waals surface area contributed by atoms with Crippen molar-refractivity contribution in [2.24, 2.45) is 0 Å². The fourth-order valence-electron chi connectivity index (χ4n) is 2.81. The number of likely N-dealkylation sites (N-methyl/N-ethyl adjacent to an activating group) is 1. The van der Waals surface area contributed by atoms with E-state index in [1.165, 1.54) is 5.57 Å². The molecular weight excluding hydrogens is 308 g/mol. The van der Waals surface area contributed by atoms with Crippen LogP contribution >= 0.6 is 0 Å². The number of aryl methyl sites for hydroxylation is 1. The summed E-state index contributed by atoms with van der Waals surface area (Å²) in [6, 6.07) is 8.08. The van der Waals surface area contributed by atoms with Crippen LogP contribution in [0.25, 0.3) is 0 Å². The summed E-state index contributed by atoms with van der Waals surface area (Å²) in [7, 11) is 4.14. The van der Waals surface area contributed by atoms with Gasteiger partial charge in [0, 0.05) is 24.0 Å². The highest BCUT2D eigenvalue weighted by atomic mass is 16.1. The van der Waals surface area contributed by atoms with Crippen molar-refractivity contribution in [2.75, 3.05) is 20.6 Å². The van der Waals surface area contributed by atoms with Gasteiger partial charge in [-0.2, -0.15) is 0 Å². The van der Waals surface area contributed by atoms with Gasteiger partial charge in [0.25, 0.3) is 0 Å². The van der Waals surface area contributed by atoms with E-state index < -0.39 is 0 Å². The zero-order chi connectivity index (χ0) is 17.8. The predicted molar refractivity (Wildman–Crippen MR) is 103 cm³/mol. The average molecular weight is 332 g/mol. The van der Waals surface area contributed by atoms with Gasteiger partial charge in [-0.15, -0.1) is 0 Å². The molecule has 3 heteroatoms. The molecule has 0 N–H and O–H groups in total. The summed E-state index contributed by atoms with van der Waals surface area (Å²) < 4.78 is 0. The Bertz CT molecular complexity index is 760. The quantitative estimate of drug-likeness (QED) is 0.782. The fraction of sp³-hybridized carbons (Fsp3) is 0.227. The zero-order valence-corrected chi connectivity index (χ0v) is 15.0. The van der Waals surface area contributed by atoms with Crippen molar-refractivity contribution in [2.45, 2.75) is 13.0 Å². The molecule has 1 aromatic carbocycles. The highest BCUT2D eigenvalue weighted by Gasteiger charge is 2.12. The maximum absolute atomic E-state index is 12.4. The van der Waals surface area contributed by atoms with Crippen LogP contribution in [0.5, 0.6) is 0 Å². The van der Waals surface area contributed by atoms with Gasteiger partial charge >= 0.3 is 0 Å². The first kappa shape index (κ1) is 17.2. The number of Topliss-reactive ketones (excluding diaryl/α,β-unsaturated/α-hetero) is 1. The summed E-state index contributed by atoms with van der Waals surface area (Å²) >= 11 is 0. The number of hydrogen-bond acceptors (Lipinski definition) is 3. The topological polar surface area (TPSA) is 23.6 Å². The fourth-order valence-corrected chi connectivity index (χ4v) is 2.81. The number of ketones is 1. The van der Waals surface area contributed by atoms with Crippen LogP contribution in [-0.2, 0) is 0 Å². The molecule has 0 bridgehead atoms. The van der Waals surface area contributed by atoms with Gasteiger partial charge in [0.1, 0.15) is 0 Å². The number of hydrogen-bond donors (Lipinski definition) is 0. The summed E-state index contributed by atoms with van der Waals surface area (Å²) in [6.07, 6.45) is 16.7. The van der Waals surface area contributed by atoms with E-state index in [0.717, 1.165) is 16.7 Å². The van der Waals surface area contributed by atoms with Gasteiger partial charge in [-0.25, -0.2) is 0 Å². The van der Waals surface area contributed by atoms with Crippen molar-refractivity contribution in [3.8, 4) is 0 Å². The number of carbonyl (C=O) groups excluding carboxylic acids is 1. The Hall–Kier alpha value is -2.65. The molecule has 0 saturated heterocycles. The number of rotatable bonds is 4. The van der Waals surface area contributed by atoms with E-state index in [2.05, 4.69) is 55.5 Å². The number of carbonyl (C=O) groups is 1. The van der Waals surface area contributed by atoms with Crippen LogP contribution in [0.1, 0.15) is 15.9 Å². The summed E-state index contributed by atoms with van der Waals surface area (Å²) in [5, 5.41) is 0. The van der Waals surface area contributed by atoms with Crippen molar-refractivity contribution in [3.05, 3.63) is 95.4 Å². The second-order valence-electron chi connectivity index (χ2n) is 6.68. The Morgan fingerprint density at radius 1 is 0.960 bits per heavy atom. The van der Waals surface area contributed by atoms with Crippen molar-refractivity contribution < 1.29 is 4.79 Å². The van der Waals surface area contributed by atoms with Crippen LogP contribution in [0.2, 0.25) is 0 Å². The lowest BCUT2D eigenvalue weighted by molar-refractivity contribution is 0.0969. The minimum atomic E-state index is 0.122. The van der Waals surface area contributed by atoms with Crippen molar-refractivity contribution >= 4 is 5.78 Å². The summed E-state index contributed by atoms with van der Waals surface area (Å²) in [5.74, 6) is 0.122. The molecule has 25 heavy (non-hydrogen) atoms. The van der Waals surface area contributed by atoms with Gasteiger partial charge in [-0.3, -0.25) is 9.69 Å². The van der Waals surface area contributed by atoms with Crippen LogP contribution < -0.4 is 0 Å². The van der Waals surface area contributed by atoms with Crippen LogP contribution in [0.3, 0.4) is 0 Å². The third-order valence-electron chi connectivity index (χ3n) is 4.47. The summed E-state index contributed by atoms with van der Waals surface area (Å²) in [6.45, 7) is 2.38. The van der Waals surface area contributed by atoms with E-state index in [1.807, 2.05) is 48.5 Å². The molecule has 0 amide bonds. The maximum Gasteiger partial charge on any atom is 0.182 e. The summed E-state index contributed by atoms with van der Waals surface area (Å²) in [5.41, 5.74) is 4.26. The molecule has 0 fully saturated rings. The number of benzene rings is 1. The van der Waals surface area contributed by atoms with Crippen molar-refractivity contribution in [1.29, 1.82) is 0 Å². The smallest absolute Gasteiger partial charge is 0.182 e. The lowest BCUT2D eigenvalue weighted by Crippen LogP contribution is -2.24. The lowest BCUT2D eigenvalue weighted by atomic mass is 9.99. The molecule has 1 aromatic rings. The van der Waals surface area contributed by atoms with E-state index in [9.17, 15) is 4.79 Å². The lowest BCUT2D eigenvalue weighted by Gasteiger charge is -2.22. The zero-order valence-electron chi connectivity index (χ0n) is 15.0. The van der Waals surface area contributed by atoms with Crippen LogP contribution in [-0.4, -0.2) is 42.3 Å². The normalized spacial score (nSPS) is 19.2. The second-order valence-corrected chi connectivity index (χ2v) is 6.68. The van der Waals surface area contributed by atoms with Gasteiger partial charge in [-0.05, 0) is 44.3 Å². The molecule has 2 aliphatic rings. The molecule has 0 aromatic heterocycles. The van der Waals surface area contributed by atoms with Crippen LogP contribution in [0.4, 0.5) is 0 Å². The Balaban J connectivity index is 1.64. The molecule has 0 atom stereocenters. The Morgan fingerprint density at radius 2 is 1.52 bits per heavy atom. The minimum Gasteiger partial charge on any atom is -0.347 e. The Labute approximate surface area is 149 Å². The highest BCUT2D eigenvalue weighted by Crippen LogP contribution is 2.20. The third kappa shape index (κ3) is 4.25. The van der Waals surface area contributed by atoms with Crippen molar-refractivity contribution in [3.63, 3.8) is 0 Å². The Kier molecular flexibility index (Phi) is 5.15. The molecular formula is C22H24N2O. The molecule has 128 valence electrons. The molecule has 1 heterocycles. The van der Waals surface area contributed by atoms with E-state index >= 15 is 0 Å². The first-order valence-corrected chi connectivity index (χ1v) is 8.52. The van der Waals surface area contributed by atoms with Gasteiger partial charge in [0.05, 0.1) is 6.54 Å². The van der Waals surface area contributed by atoms with E-state index in [1.54, 1.807) is 0 Å². The third-order valence-corrected chi connectivity index (χ3v) is 4.47. The molecule has 3 rings (SSSR count). The minimum absolute atomic E-state index is 0.122. The first-order chi connectivity index (χ1) is 12.0. The second kappa shape index (κ2) is 7.49. The first-order valence-electron chi connectivity index (χ1n) is 8.52. The van der Waals surface area contributed by atoms with Gasteiger partial charge in [0.15, 0.2) is 5.78 Å². The molecule has 3 nitrogen and oxygen atoms in total. The van der Waals surface area contributed by atoms with Gasteiger partial charge in [-0.1, -0.05) is 54.1 Å². The van der Waals surface area contributed by atoms with E-state index in [4.69, 9.17) is 0 Å². The maximum atomic E-state index is 12.4. The van der Waals surface area contributed by atoms with E-state index in [0.29, 0.717) is 12.6 Å². The number of allylic oxidation sites excluding steroid dienone is 6. The predicted octanol–water partition coefficient (Wildman–Crippen LogP) is 3.87. The highest BCUT2D eigenvalue weighted by molar-refractivity contribution is 5.97. The van der Waals surface area contributed by atoms with Crippen LogP contribution in [0.15, 0.2) is 84.3 Å².